The average Bonchev–Trinajstić information content (AvgIpc) is 2.58. The molecule has 0 aliphatic carbocycles. The van der Waals surface area contributed by atoms with Gasteiger partial charge in [0.2, 0.25) is 0 Å². The molecule has 17 heavy (non-hydrogen) atoms. The maximum absolute atomic E-state index is 5.98. The molecule has 1 aliphatic rings. The fraction of sp³-hybridized carbons (Fsp3) is 0.700. The summed E-state index contributed by atoms with van der Waals surface area (Å²) in [5.74, 6) is 0.587. The van der Waals surface area contributed by atoms with Crippen LogP contribution in [0.1, 0.15) is 18.2 Å². The number of aromatic nitrogens is 1. The Morgan fingerprint density at radius 1 is 1.53 bits per heavy atom. The molecule has 1 aliphatic heterocycles. The highest BCUT2D eigenvalue weighted by molar-refractivity contribution is 7.15. The van der Waals surface area contributed by atoms with E-state index in [1.165, 1.54) is 4.88 Å². The van der Waals surface area contributed by atoms with Crippen LogP contribution in [0.2, 0.25) is 0 Å². The summed E-state index contributed by atoms with van der Waals surface area (Å²) in [5.41, 5.74) is 11.6. The molecule has 2 heterocycles. The van der Waals surface area contributed by atoms with Gasteiger partial charge in [-0.3, -0.25) is 4.90 Å². The average molecular weight is 299 g/mol. The summed E-state index contributed by atoms with van der Waals surface area (Å²) in [4.78, 5) is 7.74. The largest absolute Gasteiger partial charge is 0.375 e. The molecule has 0 bridgehead atoms. The van der Waals surface area contributed by atoms with Gasteiger partial charge in [0.05, 0.1) is 0 Å². The van der Waals surface area contributed by atoms with Crippen molar-refractivity contribution in [2.24, 2.45) is 11.7 Å². The third-order valence-corrected chi connectivity index (χ3v) is 3.82. The highest BCUT2D eigenvalue weighted by Gasteiger charge is 2.23. The van der Waals surface area contributed by atoms with Gasteiger partial charge in [-0.15, -0.1) is 36.2 Å². The second-order valence-corrected chi connectivity index (χ2v) is 5.48. The first-order valence-electron chi connectivity index (χ1n) is 5.33. The predicted molar refractivity (Wildman–Crippen MR) is 78.1 cm³/mol. The van der Waals surface area contributed by atoms with E-state index >= 15 is 0 Å². The molecule has 2 rings (SSSR count). The summed E-state index contributed by atoms with van der Waals surface area (Å²) in [7, 11) is 0. The maximum atomic E-state index is 5.98. The normalized spacial score (nSPS) is 24.8. The van der Waals surface area contributed by atoms with Crippen molar-refractivity contribution in [2.75, 3.05) is 18.8 Å². The molecular formula is C10H20Cl2N4S. The molecule has 7 heteroatoms. The molecule has 2 unspecified atom stereocenters. The molecule has 4 N–H and O–H groups in total. The zero-order valence-electron chi connectivity index (χ0n) is 9.83. The van der Waals surface area contributed by atoms with Crippen molar-refractivity contribution < 1.29 is 0 Å². The lowest BCUT2D eigenvalue weighted by Gasteiger charge is -2.34. The third-order valence-electron chi connectivity index (χ3n) is 3.01. The molecule has 100 valence electrons. The maximum Gasteiger partial charge on any atom is 0.180 e. The van der Waals surface area contributed by atoms with E-state index in [0.29, 0.717) is 17.1 Å². The lowest BCUT2D eigenvalue weighted by molar-refractivity contribution is 0.159. The minimum atomic E-state index is 0. The number of halogens is 2. The summed E-state index contributed by atoms with van der Waals surface area (Å²) in [6.45, 7) is 5.35. The Kier molecular flexibility index (Phi) is 7.35. The van der Waals surface area contributed by atoms with Crippen molar-refractivity contribution in [3.8, 4) is 0 Å². The minimum absolute atomic E-state index is 0. The highest BCUT2D eigenvalue weighted by Crippen LogP contribution is 2.20. The Balaban J connectivity index is 0.00000128. The van der Waals surface area contributed by atoms with Crippen LogP contribution < -0.4 is 11.5 Å². The van der Waals surface area contributed by atoms with E-state index in [0.717, 1.165) is 26.1 Å². The fourth-order valence-electron chi connectivity index (χ4n) is 2.01. The smallest absolute Gasteiger partial charge is 0.180 e. The Hall–Kier alpha value is -0.0700. The topological polar surface area (TPSA) is 68.2 Å². The van der Waals surface area contributed by atoms with E-state index in [4.69, 9.17) is 11.5 Å². The zero-order valence-corrected chi connectivity index (χ0v) is 12.3. The van der Waals surface area contributed by atoms with E-state index in [2.05, 4.69) is 16.8 Å². The quantitative estimate of drug-likeness (QED) is 0.873. The van der Waals surface area contributed by atoms with Crippen LogP contribution in [0, 0.1) is 5.92 Å². The van der Waals surface area contributed by atoms with Gasteiger partial charge < -0.3 is 11.5 Å². The first-order chi connectivity index (χ1) is 7.15. The number of nitrogen functional groups attached to an aromatic ring is 1. The SMILES string of the molecule is CC1CN(Cc2cnc(N)s2)CCC1N.Cl.Cl. The number of rotatable bonds is 2. The number of piperidine rings is 1. The van der Waals surface area contributed by atoms with E-state index in [1.807, 2.05) is 6.20 Å². The van der Waals surface area contributed by atoms with Crippen LogP contribution in [0.5, 0.6) is 0 Å². The van der Waals surface area contributed by atoms with Gasteiger partial charge in [0.25, 0.3) is 0 Å². The number of hydrogen-bond acceptors (Lipinski definition) is 5. The second kappa shape index (κ2) is 7.38. The molecule has 2 atom stereocenters. The molecule has 1 saturated heterocycles. The summed E-state index contributed by atoms with van der Waals surface area (Å²) in [6.07, 6.45) is 2.97. The number of anilines is 1. The predicted octanol–water partition coefficient (Wildman–Crippen LogP) is 1.74. The molecule has 0 spiro atoms. The summed E-state index contributed by atoms with van der Waals surface area (Å²) in [5, 5.41) is 0.659. The van der Waals surface area contributed by atoms with Gasteiger partial charge >= 0.3 is 0 Å². The lowest BCUT2D eigenvalue weighted by atomic mass is 9.95. The first kappa shape index (κ1) is 16.9. The molecule has 0 aromatic carbocycles. The standard InChI is InChI=1S/C10H18N4S.2ClH/c1-7-5-14(3-2-9(7)11)6-8-4-13-10(12)15-8;;/h4,7,9H,2-3,5-6,11H2,1H3,(H2,12,13);2*1H. The number of hydrogen-bond donors (Lipinski definition) is 2. The van der Waals surface area contributed by atoms with Crippen LogP contribution in [0.25, 0.3) is 0 Å². The van der Waals surface area contributed by atoms with Crippen molar-refractivity contribution in [3.63, 3.8) is 0 Å². The van der Waals surface area contributed by atoms with Gasteiger partial charge in [-0.1, -0.05) is 6.92 Å². The van der Waals surface area contributed by atoms with E-state index in [9.17, 15) is 0 Å². The van der Waals surface area contributed by atoms with Crippen molar-refractivity contribution in [1.82, 2.24) is 9.88 Å². The number of nitrogens with zero attached hydrogens (tertiary/aromatic N) is 2. The van der Waals surface area contributed by atoms with Crippen LogP contribution in [0.15, 0.2) is 6.20 Å². The van der Waals surface area contributed by atoms with Crippen LogP contribution >= 0.6 is 36.2 Å². The molecule has 0 saturated carbocycles. The summed E-state index contributed by atoms with van der Waals surface area (Å²) in [6, 6.07) is 0.368. The molecule has 4 nitrogen and oxygen atoms in total. The van der Waals surface area contributed by atoms with Gasteiger partial charge in [0, 0.05) is 36.8 Å². The minimum Gasteiger partial charge on any atom is -0.375 e. The Bertz CT molecular complexity index is 334. The van der Waals surface area contributed by atoms with E-state index in [-0.39, 0.29) is 24.8 Å². The molecular weight excluding hydrogens is 279 g/mol. The van der Waals surface area contributed by atoms with Gasteiger partial charge in [-0.25, -0.2) is 4.98 Å². The van der Waals surface area contributed by atoms with Crippen LogP contribution in [0.3, 0.4) is 0 Å². The molecule has 0 amide bonds. The lowest BCUT2D eigenvalue weighted by Crippen LogP contribution is -2.45. The van der Waals surface area contributed by atoms with E-state index in [1.54, 1.807) is 11.3 Å². The first-order valence-corrected chi connectivity index (χ1v) is 6.15. The fourth-order valence-corrected chi connectivity index (χ4v) is 2.74. The molecule has 1 aromatic heterocycles. The van der Waals surface area contributed by atoms with Crippen molar-refractivity contribution in [3.05, 3.63) is 11.1 Å². The molecule has 1 fully saturated rings. The zero-order chi connectivity index (χ0) is 10.8. The van der Waals surface area contributed by atoms with Crippen LogP contribution in [0.4, 0.5) is 5.13 Å². The second-order valence-electron chi connectivity index (χ2n) is 4.33. The van der Waals surface area contributed by atoms with Crippen molar-refractivity contribution >= 4 is 41.3 Å². The van der Waals surface area contributed by atoms with Gasteiger partial charge in [0.15, 0.2) is 5.13 Å². The van der Waals surface area contributed by atoms with E-state index < -0.39 is 0 Å². The van der Waals surface area contributed by atoms with Crippen molar-refractivity contribution in [1.29, 1.82) is 0 Å². The number of nitrogens with two attached hydrogens (primary N) is 2. The Morgan fingerprint density at radius 2 is 2.24 bits per heavy atom. The molecule has 1 aromatic rings. The Morgan fingerprint density at radius 3 is 2.76 bits per heavy atom. The third kappa shape index (κ3) is 4.60. The van der Waals surface area contributed by atoms with Gasteiger partial charge in [-0.05, 0) is 12.3 Å². The van der Waals surface area contributed by atoms with Gasteiger partial charge in [-0.2, -0.15) is 0 Å². The monoisotopic (exact) mass is 298 g/mol. The van der Waals surface area contributed by atoms with Crippen LogP contribution in [-0.2, 0) is 6.54 Å². The Labute approximate surface area is 119 Å². The van der Waals surface area contributed by atoms with Crippen molar-refractivity contribution in [2.45, 2.75) is 25.9 Å². The summed E-state index contributed by atoms with van der Waals surface area (Å²) >= 11 is 1.58. The van der Waals surface area contributed by atoms with Crippen LogP contribution in [-0.4, -0.2) is 29.0 Å². The highest BCUT2D eigenvalue weighted by atomic mass is 35.5. The number of likely N-dealkylation sites (tertiary alicyclic amines) is 1. The molecule has 0 radical (unpaired) electrons. The summed E-state index contributed by atoms with van der Waals surface area (Å²) < 4.78 is 0. The van der Waals surface area contributed by atoms with Gasteiger partial charge in [0.1, 0.15) is 0 Å². The number of thiazole rings is 1.